The molecule has 0 aliphatic carbocycles. The SMILES string of the molecule is Cc1ccc(C(NS(=O)(=O)c2ccccc2)C(C)CO)c(C)c1. The average Bonchev–Trinajstić information content (AvgIpc) is 2.53. The third-order valence-electron chi connectivity index (χ3n) is 3.95. The first-order valence-electron chi connectivity index (χ1n) is 7.60. The third-order valence-corrected chi connectivity index (χ3v) is 5.41. The van der Waals surface area contributed by atoms with Gasteiger partial charge in [-0.3, -0.25) is 0 Å². The van der Waals surface area contributed by atoms with Crippen LogP contribution >= 0.6 is 0 Å². The number of aryl methyl sites for hydroxylation is 2. The Morgan fingerprint density at radius 1 is 1.09 bits per heavy atom. The first-order chi connectivity index (χ1) is 10.8. The van der Waals surface area contributed by atoms with Crippen molar-refractivity contribution in [3.05, 3.63) is 65.2 Å². The molecule has 2 rings (SSSR count). The van der Waals surface area contributed by atoms with E-state index in [1.807, 2.05) is 39.0 Å². The minimum Gasteiger partial charge on any atom is -0.396 e. The van der Waals surface area contributed by atoms with Crippen molar-refractivity contribution in [3.8, 4) is 0 Å². The molecule has 0 amide bonds. The minimum absolute atomic E-state index is 0.102. The van der Waals surface area contributed by atoms with Crippen molar-refractivity contribution in [2.45, 2.75) is 31.7 Å². The van der Waals surface area contributed by atoms with Gasteiger partial charge in [-0.25, -0.2) is 13.1 Å². The highest BCUT2D eigenvalue weighted by atomic mass is 32.2. The molecule has 0 aromatic heterocycles. The fourth-order valence-corrected chi connectivity index (χ4v) is 3.95. The van der Waals surface area contributed by atoms with Crippen molar-refractivity contribution in [2.75, 3.05) is 6.61 Å². The highest BCUT2D eigenvalue weighted by molar-refractivity contribution is 7.89. The molecule has 4 nitrogen and oxygen atoms in total. The molecular formula is C18H23NO3S. The summed E-state index contributed by atoms with van der Waals surface area (Å²) in [4.78, 5) is 0.222. The van der Waals surface area contributed by atoms with E-state index in [1.54, 1.807) is 30.3 Å². The smallest absolute Gasteiger partial charge is 0.241 e. The third kappa shape index (κ3) is 4.19. The van der Waals surface area contributed by atoms with Crippen LogP contribution in [0.4, 0.5) is 0 Å². The summed E-state index contributed by atoms with van der Waals surface area (Å²) in [6, 6.07) is 13.7. The van der Waals surface area contributed by atoms with Crippen molar-refractivity contribution in [3.63, 3.8) is 0 Å². The maximum absolute atomic E-state index is 12.6. The highest BCUT2D eigenvalue weighted by Crippen LogP contribution is 2.27. The molecule has 0 saturated heterocycles. The molecule has 0 aliphatic heterocycles. The zero-order valence-corrected chi connectivity index (χ0v) is 14.5. The van der Waals surface area contributed by atoms with Gasteiger partial charge in [-0.1, -0.05) is 48.9 Å². The quantitative estimate of drug-likeness (QED) is 0.854. The maximum atomic E-state index is 12.6. The zero-order valence-electron chi connectivity index (χ0n) is 13.7. The molecule has 2 N–H and O–H groups in total. The summed E-state index contributed by atoms with van der Waals surface area (Å²) >= 11 is 0. The molecule has 0 fully saturated rings. The van der Waals surface area contributed by atoms with Crippen molar-refractivity contribution in [1.82, 2.24) is 4.72 Å². The van der Waals surface area contributed by atoms with E-state index in [9.17, 15) is 13.5 Å². The average molecular weight is 333 g/mol. The van der Waals surface area contributed by atoms with Crippen LogP contribution in [0.25, 0.3) is 0 Å². The number of hydrogen-bond acceptors (Lipinski definition) is 3. The molecule has 0 spiro atoms. The lowest BCUT2D eigenvalue weighted by Crippen LogP contribution is -2.34. The van der Waals surface area contributed by atoms with E-state index in [0.29, 0.717) is 0 Å². The summed E-state index contributed by atoms with van der Waals surface area (Å²) in [6.45, 7) is 5.68. The van der Waals surface area contributed by atoms with Gasteiger partial charge < -0.3 is 5.11 Å². The predicted molar refractivity (Wildman–Crippen MR) is 91.7 cm³/mol. The highest BCUT2D eigenvalue weighted by Gasteiger charge is 2.26. The molecule has 2 aromatic rings. The standard InChI is InChI=1S/C18H23NO3S/c1-13-9-10-17(14(2)11-13)18(15(3)12-20)19-23(21,22)16-7-5-4-6-8-16/h4-11,15,18-20H,12H2,1-3H3. The summed E-state index contributed by atoms with van der Waals surface area (Å²) in [5, 5.41) is 9.54. The van der Waals surface area contributed by atoms with Gasteiger partial charge in [0.1, 0.15) is 0 Å². The van der Waals surface area contributed by atoms with Gasteiger partial charge in [-0.15, -0.1) is 0 Å². The molecule has 0 saturated carbocycles. The Morgan fingerprint density at radius 3 is 2.30 bits per heavy atom. The Kier molecular flexibility index (Phi) is 5.57. The summed E-state index contributed by atoms with van der Waals surface area (Å²) < 4.78 is 28.0. The van der Waals surface area contributed by atoms with E-state index >= 15 is 0 Å². The van der Waals surface area contributed by atoms with Crippen molar-refractivity contribution in [1.29, 1.82) is 0 Å². The van der Waals surface area contributed by atoms with Crippen LogP contribution in [0.5, 0.6) is 0 Å². The molecule has 0 aliphatic rings. The first-order valence-corrected chi connectivity index (χ1v) is 9.09. The van der Waals surface area contributed by atoms with Crippen LogP contribution in [0.15, 0.2) is 53.4 Å². The molecular weight excluding hydrogens is 310 g/mol. The molecule has 124 valence electrons. The summed E-state index contributed by atoms with van der Waals surface area (Å²) in [5.41, 5.74) is 3.01. The van der Waals surface area contributed by atoms with Gasteiger partial charge in [-0.05, 0) is 43.0 Å². The van der Waals surface area contributed by atoms with Crippen LogP contribution < -0.4 is 4.72 Å². The lowest BCUT2D eigenvalue weighted by molar-refractivity contribution is 0.211. The number of benzene rings is 2. The molecule has 5 heteroatoms. The largest absolute Gasteiger partial charge is 0.396 e. The van der Waals surface area contributed by atoms with Gasteiger partial charge in [0.15, 0.2) is 0 Å². The van der Waals surface area contributed by atoms with Gasteiger partial charge >= 0.3 is 0 Å². The number of nitrogens with one attached hydrogen (secondary N) is 1. The second-order valence-electron chi connectivity index (χ2n) is 5.93. The summed E-state index contributed by atoms with van der Waals surface area (Å²) in [6.07, 6.45) is 0. The van der Waals surface area contributed by atoms with E-state index in [1.165, 1.54) is 0 Å². The second kappa shape index (κ2) is 7.25. The predicted octanol–water partition coefficient (Wildman–Crippen LogP) is 2.95. The van der Waals surface area contributed by atoms with E-state index in [4.69, 9.17) is 0 Å². The Balaban J connectivity index is 2.40. The number of sulfonamides is 1. The van der Waals surface area contributed by atoms with Crippen LogP contribution in [0.3, 0.4) is 0 Å². The van der Waals surface area contributed by atoms with Crippen LogP contribution in [0.2, 0.25) is 0 Å². The van der Waals surface area contributed by atoms with Gasteiger partial charge in [0, 0.05) is 6.61 Å². The molecule has 0 heterocycles. The number of aliphatic hydroxyl groups excluding tert-OH is 1. The van der Waals surface area contributed by atoms with Crippen LogP contribution in [0.1, 0.15) is 29.7 Å². The van der Waals surface area contributed by atoms with Crippen molar-refractivity contribution < 1.29 is 13.5 Å². The Hall–Kier alpha value is -1.69. The summed E-state index contributed by atoms with van der Waals surface area (Å²) in [5.74, 6) is -0.241. The van der Waals surface area contributed by atoms with Crippen LogP contribution in [-0.4, -0.2) is 20.1 Å². The Labute approximate surface area is 138 Å². The van der Waals surface area contributed by atoms with Crippen molar-refractivity contribution >= 4 is 10.0 Å². The Bertz CT molecular complexity index is 757. The van der Waals surface area contributed by atoms with Crippen LogP contribution in [0, 0.1) is 19.8 Å². The van der Waals surface area contributed by atoms with Crippen molar-refractivity contribution in [2.24, 2.45) is 5.92 Å². The molecule has 2 aromatic carbocycles. The molecule has 0 radical (unpaired) electrons. The van der Waals surface area contributed by atoms with E-state index in [2.05, 4.69) is 4.72 Å². The molecule has 23 heavy (non-hydrogen) atoms. The fraction of sp³-hybridized carbons (Fsp3) is 0.333. The van der Waals surface area contributed by atoms with Gasteiger partial charge in [0.2, 0.25) is 10.0 Å². The topological polar surface area (TPSA) is 66.4 Å². The maximum Gasteiger partial charge on any atom is 0.241 e. The van der Waals surface area contributed by atoms with E-state index in [-0.39, 0.29) is 17.4 Å². The van der Waals surface area contributed by atoms with Gasteiger partial charge in [-0.2, -0.15) is 0 Å². The zero-order chi connectivity index (χ0) is 17.0. The lowest BCUT2D eigenvalue weighted by atomic mass is 9.92. The Morgan fingerprint density at radius 2 is 1.74 bits per heavy atom. The lowest BCUT2D eigenvalue weighted by Gasteiger charge is -2.26. The van der Waals surface area contributed by atoms with E-state index in [0.717, 1.165) is 16.7 Å². The first kappa shape index (κ1) is 17.7. The fourth-order valence-electron chi connectivity index (χ4n) is 2.60. The molecule has 2 unspecified atom stereocenters. The van der Waals surface area contributed by atoms with Gasteiger partial charge in [0.25, 0.3) is 0 Å². The number of rotatable bonds is 6. The molecule has 0 bridgehead atoms. The molecule has 2 atom stereocenters. The van der Waals surface area contributed by atoms with Gasteiger partial charge in [0.05, 0.1) is 10.9 Å². The monoisotopic (exact) mass is 333 g/mol. The normalized spacial score (nSPS) is 14.4. The second-order valence-corrected chi connectivity index (χ2v) is 7.65. The number of aliphatic hydroxyl groups is 1. The minimum atomic E-state index is -3.65. The van der Waals surface area contributed by atoms with E-state index < -0.39 is 16.1 Å². The van der Waals surface area contributed by atoms with Crippen LogP contribution in [-0.2, 0) is 10.0 Å². The number of hydrogen-bond donors (Lipinski definition) is 2. The summed E-state index contributed by atoms with van der Waals surface area (Å²) in [7, 11) is -3.65.